The Kier molecular flexibility index (Phi) is 5.05. The molecule has 1 aliphatic heterocycles. The smallest absolute Gasteiger partial charge is 0.293 e. The number of benzene rings is 1. The Labute approximate surface area is 173 Å². The SMILES string of the molecule is Cc1cc(Cl)ccc1S(=O)(=O)N1CCN(c2nc3ccncc3n(C)c2=O)CC1. The molecule has 2 aromatic heterocycles. The van der Waals surface area contributed by atoms with Gasteiger partial charge in [0.2, 0.25) is 10.0 Å². The molecule has 0 unspecified atom stereocenters. The number of fused-ring (bicyclic) bond motifs is 1. The molecule has 1 fully saturated rings. The Bertz CT molecular complexity index is 1250. The molecule has 1 saturated heterocycles. The van der Waals surface area contributed by atoms with Crippen LogP contribution in [0.4, 0.5) is 5.82 Å². The maximum absolute atomic E-state index is 13.0. The predicted molar refractivity (Wildman–Crippen MR) is 112 cm³/mol. The molecule has 0 atom stereocenters. The minimum Gasteiger partial charge on any atom is -0.349 e. The minimum atomic E-state index is -3.63. The second-order valence-corrected chi connectivity index (χ2v) is 9.31. The van der Waals surface area contributed by atoms with Crippen molar-refractivity contribution in [1.29, 1.82) is 0 Å². The van der Waals surface area contributed by atoms with Crippen molar-refractivity contribution >= 4 is 38.5 Å². The van der Waals surface area contributed by atoms with Crippen molar-refractivity contribution in [3.05, 3.63) is 57.6 Å². The van der Waals surface area contributed by atoms with Crippen molar-refractivity contribution in [1.82, 2.24) is 18.8 Å². The van der Waals surface area contributed by atoms with E-state index in [1.165, 1.54) is 14.9 Å². The second-order valence-electron chi connectivity index (χ2n) is 6.96. The Hall–Kier alpha value is -2.49. The standard InChI is InChI=1S/C19H20ClN5O3S/c1-13-11-14(20)3-4-17(13)29(27,28)25-9-7-24(8-10-25)18-19(26)23(2)16-12-21-6-5-15(16)22-18/h3-6,11-12H,7-10H2,1-2H3. The van der Waals surface area contributed by atoms with Crippen LogP contribution in [0.2, 0.25) is 5.02 Å². The summed E-state index contributed by atoms with van der Waals surface area (Å²) in [4.78, 5) is 23.4. The fraction of sp³-hybridized carbons (Fsp3) is 0.316. The van der Waals surface area contributed by atoms with Crippen molar-refractivity contribution in [2.45, 2.75) is 11.8 Å². The van der Waals surface area contributed by atoms with Crippen LogP contribution < -0.4 is 10.5 Å². The van der Waals surface area contributed by atoms with Gasteiger partial charge in [-0.3, -0.25) is 9.78 Å². The van der Waals surface area contributed by atoms with E-state index in [2.05, 4.69) is 9.97 Å². The summed E-state index contributed by atoms with van der Waals surface area (Å²) < 4.78 is 29.0. The van der Waals surface area contributed by atoms with Crippen LogP contribution in [0.3, 0.4) is 0 Å². The van der Waals surface area contributed by atoms with Crippen molar-refractivity contribution in [2.24, 2.45) is 7.05 Å². The van der Waals surface area contributed by atoms with Gasteiger partial charge in [0.05, 0.1) is 22.1 Å². The van der Waals surface area contributed by atoms with Crippen molar-refractivity contribution in [3.8, 4) is 0 Å². The van der Waals surface area contributed by atoms with E-state index >= 15 is 0 Å². The molecule has 1 aliphatic rings. The number of aryl methyl sites for hydroxylation is 2. The molecular weight excluding hydrogens is 414 g/mol. The normalized spacial score (nSPS) is 15.8. The highest BCUT2D eigenvalue weighted by atomic mass is 35.5. The molecule has 152 valence electrons. The van der Waals surface area contributed by atoms with Crippen LogP contribution in [0.5, 0.6) is 0 Å². The second kappa shape index (κ2) is 7.40. The van der Waals surface area contributed by atoms with Crippen LogP contribution in [0.1, 0.15) is 5.56 Å². The van der Waals surface area contributed by atoms with Gasteiger partial charge >= 0.3 is 0 Å². The van der Waals surface area contributed by atoms with Gasteiger partial charge in [-0.2, -0.15) is 4.31 Å². The molecule has 3 heterocycles. The first-order valence-corrected chi connectivity index (χ1v) is 10.9. The van der Waals surface area contributed by atoms with Gasteiger partial charge in [-0.25, -0.2) is 13.4 Å². The fourth-order valence-corrected chi connectivity index (χ4v) is 5.40. The maximum Gasteiger partial charge on any atom is 0.293 e. The summed E-state index contributed by atoms with van der Waals surface area (Å²) in [6.45, 7) is 3.02. The zero-order valence-electron chi connectivity index (χ0n) is 16.0. The summed E-state index contributed by atoms with van der Waals surface area (Å²) in [6, 6.07) is 6.51. The number of anilines is 1. The zero-order chi connectivity index (χ0) is 20.8. The summed E-state index contributed by atoms with van der Waals surface area (Å²) in [7, 11) is -1.95. The molecule has 4 rings (SSSR count). The highest BCUT2D eigenvalue weighted by molar-refractivity contribution is 7.89. The van der Waals surface area contributed by atoms with Crippen LogP contribution in [-0.4, -0.2) is 53.4 Å². The van der Waals surface area contributed by atoms with E-state index in [1.54, 1.807) is 44.6 Å². The lowest BCUT2D eigenvalue weighted by Gasteiger charge is -2.34. The van der Waals surface area contributed by atoms with E-state index in [9.17, 15) is 13.2 Å². The third-order valence-electron chi connectivity index (χ3n) is 5.15. The highest BCUT2D eigenvalue weighted by Gasteiger charge is 2.31. The molecule has 8 nitrogen and oxygen atoms in total. The van der Waals surface area contributed by atoms with Crippen molar-refractivity contribution < 1.29 is 8.42 Å². The Morgan fingerprint density at radius 2 is 1.83 bits per heavy atom. The average Bonchev–Trinajstić information content (AvgIpc) is 2.70. The molecule has 0 amide bonds. The highest BCUT2D eigenvalue weighted by Crippen LogP contribution is 2.24. The summed E-state index contributed by atoms with van der Waals surface area (Å²) in [5.41, 5.74) is 1.71. The van der Waals surface area contributed by atoms with Crippen LogP contribution in [-0.2, 0) is 17.1 Å². The summed E-state index contributed by atoms with van der Waals surface area (Å²) in [6.07, 6.45) is 3.23. The number of sulfonamides is 1. The first-order valence-electron chi connectivity index (χ1n) is 9.11. The quantitative estimate of drug-likeness (QED) is 0.625. The van der Waals surface area contributed by atoms with Gasteiger partial charge in [-0.15, -0.1) is 0 Å². The molecular formula is C19H20ClN5O3S. The van der Waals surface area contributed by atoms with E-state index in [0.29, 0.717) is 40.5 Å². The van der Waals surface area contributed by atoms with Gasteiger partial charge in [-0.05, 0) is 36.8 Å². The van der Waals surface area contributed by atoms with Crippen LogP contribution >= 0.6 is 11.6 Å². The lowest BCUT2D eigenvalue weighted by atomic mass is 10.2. The lowest BCUT2D eigenvalue weighted by Crippen LogP contribution is -2.50. The molecule has 1 aromatic carbocycles. The molecule has 0 spiro atoms. The van der Waals surface area contributed by atoms with Crippen molar-refractivity contribution in [2.75, 3.05) is 31.1 Å². The summed E-state index contributed by atoms with van der Waals surface area (Å²) >= 11 is 5.95. The van der Waals surface area contributed by atoms with E-state index in [1.807, 2.05) is 4.90 Å². The fourth-order valence-electron chi connectivity index (χ4n) is 3.54. The van der Waals surface area contributed by atoms with E-state index in [0.717, 1.165) is 0 Å². The minimum absolute atomic E-state index is 0.227. The number of rotatable bonds is 3. The molecule has 29 heavy (non-hydrogen) atoms. The number of nitrogens with zero attached hydrogens (tertiary/aromatic N) is 5. The van der Waals surface area contributed by atoms with E-state index in [-0.39, 0.29) is 23.5 Å². The zero-order valence-corrected chi connectivity index (χ0v) is 17.6. The van der Waals surface area contributed by atoms with Gasteiger partial charge < -0.3 is 9.47 Å². The third-order valence-corrected chi connectivity index (χ3v) is 7.45. The summed E-state index contributed by atoms with van der Waals surface area (Å²) in [5.74, 6) is 0.325. The molecule has 0 saturated carbocycles. The number of hydrogen-bond acceptors (Lipinski definition) is 6. The number of piperazine rings is 1. The summed E-state index contributed by atoms with van der Waals surface area (Å²) in [5, 5.41) is 0.500. The third kappa shape index (κ3) is 3.50. The van der Waals surface area contributed by atoms with Crippen LogP contribution in [0.15, 0.2) is 46.3 Å². The van der Waals surface area contributed by atoms with E-state index in [4.69, 9.17) is 11.6 Å². The molecule has 0 radical (unpaired) electrons. The number of halogens is 1. The number of aromatic nitrogens is 3. The first kappa shape index (κ1) is 19.8. The monoisotopic (exact) mass is 433 g/mol. The van der Waals surface area contributed by atoms with Gasteiger partial charge in [-0.1, -0.05) is 11.6 Å². The Balaban J connectivity index is 1.59. The van der Waals surface area contributed by atoms with Crippen LogP contribution in [0, 0.1) is 6.92 Å². The Morgan fingerprint density at radius 1 is 1.10 bits per heavy atom. The maximum atomic E-state index is 13.0. The lowest BCUT2D eigenvalue weighted by molar-refractivity contribution is 0.383. The predicted octanol–water partition coefficient (Wildman–Crippen LogP) is 1.80. The molecule has 0 N–H and O–H groups in total. The van der Waals surface area contributed by atoms with Gasteiger partial charge in [0.25, 0.3) is 5.56 Å². The molecule has 3 aromatic rings. The van der Waals surface area contributed by atoms with Gasteiger partial charge in [0, 0.05) is 44.4 Å². The van der Waals surface area contributed by atoms with Crippen LogP contribution in [0.25, 0.3) is 11.0 Å². The van der Waals surface area contributed by atoms with Gasteiger partial charge in [0.15, 0.2) is 5.82 Å². The topological polar surface area (TPSA) is 88.4 Å². The number of hydrogen-bond donors (Lipinski definition) is 0. The molecule has 0 aliphatic carbocycles. The number of pyridine rings is 1. The molecule has 10 heteroatoms. The first-order chi connectivity index (χ1) is 13.8. The van der Waals surface area contributed by atoms with Crippen molar-refractivity contribution in [3.63, 3.8) is 0 Å². The molecule has 0 bridgehead atoms. The largest absolute Gasteiger partial charge is 0.349 e. The van der Waals surface area contributed by atoms with Gasteiger partial charge in [0.1, 0.15) is 0 Å². The Morgan fingerprint density at radius 3 is 2.52 bits per heavy atom. The van der Waals surface area contributed by atoms with E-state index < -0.39 is 10.0 Å². The average molecular weight is 434 g/mol.